The summed E-state index contributed by atoms with van der Waals surface area (Å²) < 4.78 is 40.8. The summed E-state index contributed by atoms with van der Waals surface area (Å²) in [6, 6.07) is 13.5. The average Bonchev–Trinajstić information content (AvgIpc) is 2.96. The number of aromatic nitrogens is 3. The first kappa shape index (κ1) is 14.5. The zero-order valence-corrected chi connectivity index (χ0v) is 12.1. The minimum absolute atomic E-state index is 0.287. The SMILES string of the molecule is FC(F)(F)Oc1ccc2nc(-c3ccc4cccnc4c3)[nH]c2c1. The smallest absolute Gasteiger partial charge is 0.406 e. The van der Waals surface area contributed by atoms with Crippen LogP contribution in [-0.2, 0) is 0 Å². The zero-order chi connectivity index (χ0) is 16.7. The number of ether oxygens (including phenoxy) is 1. The molecule has 0 fully saturated rings. The number of halogens is 3. The second-order valence-corrected chi connectivity index (χ2v) is 5.22. The lowest BCUT2D eigenvalue weighted by molar-refractivity contribution is -0.274. The quantitative estimate of drug-likeness (QED) is 0.581. The summed E-state index contributed by atoms with van der Waals surface area (Å²) >= 11 is 0. The molecule has 24 heavy (non-hydrogen) atoms. The Kier molecular flexibility index (Phi) is 3.16. The summed E-state index contributed by atoms with van der Waals surface area (Å²) in [6.45, 7) is 0. The van der Waals surface area contributed by atoms with E-state index in [0.717, 1.165) is 16.5 Å². The van der Waals surface area contributed by atoms with Crippen LogP contribution in [0.1, 0.15) is 0 Å². The molecule has 120 valence electrons. The van der Waals surface area contributed by atoms with Crippen molar-refractivity contribution in [2.45, 2.75) is 6.36 Å². The van der Waals surface area contributed by atoms with Gasteiger partial charge in [0.15, 0.2) is 0 Å². The van der Waals surface area contributed by atoms with Crippen LogP contribution in [0.15, 0.2) is 54.7 Å². The minimum Gasteiger partial charge on any atom is -0.406 e. The molecule has 4 rings (SSSR count). The van der Waals surface area contributed by atoms with Gasteiger partial charge in [-0.3, -0.25) is 4.98 Å². The number of fused-ring (bicyclic) bond motifs is 2. The maximum absolute atomic E-state index is 12.3. The average molecular weight is 329 g/mol. The van der Waals surface area contributed by atoms with Crippen LogP contribution < -0.4 is 4.74 Å². The van der Waals surface area contributed by atoms with Gasteiger partial charge in [0, 0.05) is 23.2 Å². The van der Waals surface area contributed by atoms with Crippen molar-refractivity contribution >= 4 is 21.9 Å². The molecular weight excluding hydrogens is 319 g/mol. The number of imidazole rings is 1. The molecule has 0 aliphatic rings. The van der Waals surface area contributed by atoms with Crippen LogP contribution >= 0.6 is 0 Å². The van der Waals surface area contributed by atoms with E-state index in [1.54, 1.807) is 6.20 Å². The number of H-pyrrole nitrogens is 1. The van der Waals surface area contributed by atoms with Crippen molar-refractivity contribution < 1.29 is 17.9 Å². The summed E-state index contributed by atoms with van der Waals surface area (Å²) in [6.07, 6.45) is -3.02. The van der Waals surface area contributed by atoms with Crippen LogP contribution in [0.5, 0.6) is 5.75 Å². The Morgan fingerprint density at radius 3 is 2.67 bits per heavy atom. The molecule has 4 nitrogen and oxygen atoms in total. The molecule has 2 heterocycles. The van der Waals surface area contributed by atoms with Crippen molar-refractivity contribution in [3.05, 3.63) is 54.7 Å². The lowest BCUT2D eigenvalue weighted by Gasteiger charge is -2.07. The van der Waals surface area contributed by atoms with Gasteiger partial charge in [0.1, 0.15) is 11.6 Å². The molecule has 0 aliphatic carbocycles. The molecule has 2 aromatic heterocycles. The van der Waals surface area contributed by atoms with Crippen LogP contribution in [0.25, 0.3) is 33.3 Å². The number of rotatable bonds is 2. The maximum Gasteiger partial charge on any atom is 0.573 e. The number of nitrogens with one attached hydrogen (secondary N) is 1. The third-order valence-electron chi connectivity index (χ3n) is 3.57. The summed E-state index contributed by atoms with van der Waals surface area (Å²) in [5.74, 6) is 0.270. The molecule has 0 spiro atoms. The second kappa shape index (κ2) is 5.23. The molecule has 0 saturated heterocycles. The molecule has 1 N–H and O–H groups in total. The lowest BCUT2D eigenvalue weighted by atomic mass is 10.1. The summed E-state index contributed by atoms with van der Waals surface area (Å²) in [7, 11) is 0. The van der Waals surface area contributed by atoms with E-state index >= 15 is 0 Å². The third-order valence-corrected chi connectivity index (χ3v) is 3.57. The Morgan fingerprint density at radius 2 is 1.83 bits per heavy atom. The molecule has 2 aromatic carbocycles. The van der Waals surface area contributed by atoms with Gasteiger partial charge in [0.25, 0.3) is 0 Å². The Balaban J connectivity index is 1.76. The van der Waals surface area contributed by atoms with E-state index in [9.17, 15) is 13.2 Å². The minimum atomic E-state index is -4.72. The highest BCUT2D eigenvalue weighted by Crippen LogP contribution is 2.28. The molecule has 0 saturated carbocycles. The van der Waals surface area contributed by atoms with E-state index in [0.29, 0.717) is 16.9 Å². The summed E-state index contributed by atoms with van der Waals surface area (Å²) in [5, 5.41) is 0.998. The van der Waals surface area contributed by atoms with Crippen LogP contribution in [0.2, 0.25) is 0 Å². The number of aromatic amines is 1. The molecular formula is C17H10F3N3O. The van der Waals surface area contributed by atoms with E-state index in [1.807, 2.05) is 30.3 Å². The topological polar surface area (TPSA) is 50.8 Å². The van der Waals surface area contributed by atoms with Gasteiger partial charge in [-0.1, -0.05) is 18.2 Å². The fourth-order valence-corrected chi connectivity index (χ4v) is 2.54. The molecule has 0 unspecified atom stereocenters. The van der Waals surface area contributed by atoms with Crippen LogP contribution in [0.3, 0.4) is 0 Å². The Bertz CT molecular complexity index is 1040. The highest BCUT2D eigenvalue weighted by molar-refractivity contribution is 5.85. The van der Waals surface area contributed by atoms with Gasteiger partial charge < -0.3 is 9.72 Å². The first-order valence-electron chi connectivity index (χ1n) is 7.09. The molecule has 0 amide bonds. The van der Waals surface area contributed by atoms with Crippen LogP contribution in [0, 0.1) is 0 Å². The second-order valence-electron chi connectivity index (χ2n) is 5.22. The Labute approximate surface area is 133 Å². The monoisotopic (exact) mass is 329 g/mol. The molecule has 0 atom stereocenters. The first-order valence-corrected chi connectivity index (χ1v) is 7.09. The van der Waals surface area contributed by atoms with E-state index in [2.05, 4.69) is 19.7 Å². The van der Waals surface area contributed by atoms with E-state index in [1.165, 1.54) is 18.2 Å². The molecule has 4 aromatic rings. The van der Waals surface area contributed by atoms with Gasteiger partial charge in [0.05, 0.1) is 16.6 Å². The van der Waals surface area contributed by atoms with Gasteiger partial charge in [0.2, 0.25) is 0 Å². The number of nitrogens with zero attached hydrogens (tertiary/aromatic N) is 2. The Hall–Kier alpha value is -3.09. The Morgan fingerprint density at radius 1 is 0.958 bits per heavy atom. The van der Waals surface area contributed by atoms with Crippen molar-refractivity contribution in [2.75, 3.05) is 0 Å². The third kappa shape index (κ3) is 2.76. The fourth-order valence-electron chi connectivity index (χ4n) is 2.54. The van der Waals surface area contributed by atoms with E-state index < -0.39 is 6.36 Å². The highest BCUT2D eigenvalue weighted by Gasteiger charge is 2.31. The summed E-state index contributed by atoms with van der Waals surface area (Å²) in [4.78, 5) is 11.7. The number of alkyl halides is 3. The molecule has 7 heteroatoms. The van der Waals surface area contributed by atoms with Gasteiger partial charge in [-0.2, -0.15) is 0 Å². The van der Waals surface area contributed by atoms with Gasteiger partial charge in [-0.05, 0) is 24.3 Å². The van der Waals surface area contributed by atoms with Crippen molar-refractivity contribution in [2.24, 2.45) is 0 Å². The van der Waals surface area contributed by atoms with E-state index in [4.69, 9.17) is 0 Å². The summed E-state index contributed by atoms with van der Waals surface area (Å²) in [5.41, 5.74) is 2.64. The van der Waals surface area contributed by atoms with Crippen molar-refractivity contribution in [1.29, 1.82) is 0 Å². The van der Waals surface area contributed by atoms with Crippen LogP contribution in [-0.4, -0.2) is 21.3 Å². The zero-order valence-electron chi connectivity index (χ0n) is 12.1. The van der Waals surface area contributed by atoms with Gasteiger partial charge in [-0.15, -0.1) is 13.2 Å². The van der Waals surface area contributed by atoms with Gasteiger partial charge in [-0.25, -0.2) is 4.98 Å². The van der Waals surface area contributed by atoms with Crippen molar-refractivity contribution in [3.63, 3.8) is 0 Å². The largest absolute Gasteiger partial charge is 0.573 e. The molecule has 0 aliphatic heterocycles. The number of pyridine rings is 1. The standard InChI is InChI=1S/C17H10F3N3O/c18-17(19,20)24-12-5-6-13-15(9-12)23-16(22-13)11-4-3-10-2-1-7-21-14(10)8-11/h1-9H,(H,22,23). The molecule has 0 bridgehead atoms. The predicted octanol–water partition coefficient (Wildman–Crippen LogP) is 4.68. The predicted molar refractivity (Wildman–Crippen MR) is 83.5 cm³/mol. The van der Waals surface area contributed by atoms with E-state index in [-0.39, 0.29) is 5.75 Å². The molecule has 0 radical (unpaired) electrons. The first-order chi connectivity index (χ1) is 11.5. The van der Waals surface area contributed by atoms with Crippen molar-refractivity contribution in [3.8, 4) is 17.1 Å². The lowest BCUT2D eigenvalue weighted by Crippen LogP contribution is -2.16. The normalized spacial score (nSPS) is 12.0. The van der Waals surface area contributed by atoms with Crippen LogP contribution in [0.4, 0.5) is 13.2 Å². The number of hydrogen-bond acceptors (Lipinski definition) is 3. The number of benzene rings is 2. The van der Waals surface area contributed by atoms with Gasteiger partial charge >= 0.3 is 6.36 Å². The number of hydrogen-bond donors (Lipinski definition) is 1. The fraction of sp³-hybridized carbons (Fsp3) is 0.0588. The highest BCUT2D eigenvalue weighted by atomic mass is 19.4. The maximum atomic E-state index is 12.3. The van der Waals surface area contributed by atoms with Crippen molar-refractivity contribution in [1.82, 2.24) is 15.0 Å².